The van der Waals surface area contributed by atoms with Crippen LogP contribution in [0.25, 0.3) is 22.3 Å². The number of aromatic nitrogens is 1. The van der Waals surface area contributed by atoms with Crippen LogP contribution in [0, 0.1) is 18.8 Å². The molecule has 0 fully saturated rings. The van der Waals surface area contributed by atoms with Gasteiger partial charge in [-0.1, -0.05) is 121 Å². The Kier molecular flexibility index (Phi) is 9.45. The Labute approximate surface area is 339 Å². The van der Waals surface area contributed by atoms with Crippen LogP contribution in [0.3, 0.4) is 0 Å². The third-order valence-electron chi connectivity index (χ3n) is 9.59. The molecule has 55 heavy (non-hydrogen) atoms. The van der Waals surface area contributed by atoms with Crippen LogP contribution >= 0.6 is 11.8 Å². The Hall–Kier alpha value is -6.07. The van der Waals surface area contributed by atoms with Gasteiger partial charge in [0.2, 0.25) is 0 Å². The summed E-state index contributed by atoms with van der Waals surface area (Å²) in [5.41, 5.74) is 10.6. The van der Waals surface area contributed by atoms with Crippen molar-refractivity contribution in [3.05, 3.63) is 201 Å². The molecule has 3 heterocycles. The van der Waals surface area contributed by atoms with Crippen LogP contribution in [0.5, 0.6) is 11.5 Å². The summed E-state index contributed by atoms with van der Waals surface area (Å²) >= 11 is 1.73. The summed E-state index contributed by atoms with van der Waals surface area (Å²) in [6, 6.07) is 67.8. The van der Waals surface area contributed by atoms with Gasteiger partial charge >= 0.3 is 0 Å². The van der Waals surface area contributed by atoms with E-state index in [0.717, 1.165) is 72.0 Å². The zero-order chi connectivity index (χ0) is 35.8. The first-order chi connectivity index (χ1) is 26.8. The molecule has 0 N–H and O–H groups in total. The van der Waals surface area contributed by atoms with Crippen LogP contribution in [-0.2, 0) is 21.1 Å². The second-order valence-electron chi connectivity index (χ2n) is 12.9. The fourth-order valence-corrected chi connectivity index (χ4v) is 8.23. The molecule has 268 valence electrons. The fourth-order valence-electron chi connectivity index (χ4n) is 7.20. The molecule has 0 spiro atoms. The Balaban J connectivity index is 0.00000397. The molecule has 0 saturated heterocycles. The van der Waals surface area contributed by atoms with E-state index in [0.29, 0.717) is 11.5 Å². The van der Waals surface area contributed by atoms with Gasteiger partial charge in [-0.2, -0.15) is 12.1 Å². The zero-order valence-electron chi connectivity index (χ0n) is 29.3. The molecule has 0 amide bonds. The van der Waals surface area contributed by atoms with Crippen LogP contribution in [0.2, 0.25) is 0 Å². The Bertz CT molecular complexity index is 2530. The molecule has 5 nitrogen and oxygen atoms in total. The quantitative estimate of drug-likeness (QED) is 0.148. The molecule has 0 saturated carbocycles. The van der Waals surface area contributed by atoms with Crippen molar-refractivity contribution in [3.63, 3.8) is 0 Å². The van der Waals surface area contributed by atoms with Gasteiger partial charge in [0.15, 0.2) is 0 Å². The van der Waals surface area contributed by atoms with E-state index in [1.807, 2.05) is 42.6 Å². The van der Waals surface area contributed by atoms with Crippen LogP contribution in [-0.4, -0.2) is 4.98 Å². The standard InChI is InChI=1S/C48H31N4OS.Pt/c1-3-15-34(16-4-1)40-23-13-24-41(35-17-5-2-6-18-35)47(40)51-33-50(42-25-7-8-26-43(42)51)36-19-11-21-38(31-36)53-39-22-12-20-37(32-39)52-44-27-9-10-28-45(44)54-46-29-14-30-49-48(46)52;/h1-30,33H;/q-3;. The monoisotopic (exact) mass is 906 g/mol. The Morgan fingerprint density at radius 3 is 1.73 bits per heavy atom. The molecular formula is C48H31N4OPtS-3. The summed E-state index contributed by atoms with van der Waals surface area (Å²) in [5.74, 6) is 2.05. The minimum atomic E-state index is 0. The molecule has 0 atom stereocenters. The van der Waals surface area contributed by atoms with Crippen molar-refractivity contribution in [1.82, 2.24) is 4.98 Å². The first-order valence-corrected chi connectivity index (χ1v) is 18.6. The molecule has 2 aliphatic heterocycles. The number of ether oxygens (including phenoxy) is 1. The normalized spacial score (nSPS) is 12.7. The fraction of sp³-hybridized carbons (Fsp3) is 0. The molecule has 0 aliphatic carbocycles. The molecule has 7 aromatic carbocycles. The van der Waals surface area contributed by atoms with Gasteiger partial charge in [-0.3, -0.25) is 0 Å². The van der Waals surface area contributed by atoms with E-state index >= 15 is 0 Å². The molecule has 0 radical (unpaired) electrons. The van der Waals surface area contributed by atoms with Crippen LogP contribution in [0.15, 0.2) is 192 Å². The second-order valence-corrected chi connectivity index (χ2v) is 14.0. The zero-order valence-corrected chi connectivity index (χ0v) is 32.4. The van der Waals surface area contributed by atoms with Gasteiger partial charge in [-0.15, -0.1) is 48.8 Å². The van der Waals surface area contributed by atoms with E-state index in [2.05, 4.69) is 173 Å². The predicted octanol–water partition coefficient (Wildman–Crippen LogP) is 13.1. The average molecular weight is 907 g/mol. The second kappa shape index (κ2) is 15.0. The summed E-state index contributed by atoms with van der Waals surface area (Å²) in [4.78, 5) is 13.7. The van der Waals surface area contributed by atoms with Gasteiger partial charge in [-0.05, 0) is 47.5 Å². The first kappa shape index (κ1) is 34.7. The minimum Gasteiger partial charge on any atom is -0.509 e. The molecule has 0 unspecified atom stereocenters. The van der Waals surface area contributed by atoms with Gasteiger partial charge < -0.3 is 19.4 Å². The molecule has 8 aromatic rings. The summed E-state index contributed by atoms with van der Waals surface area (Å²) in [7, 11) is 0. The van der Waals surface area contributed by atoms with E-state index in [9.17, 15) is 0 Å². The SMILES string of the molecule is [Pt].[c-]1c(Oc2[c-]c(N3c4ccccc4Sc4cccnc43)ccc2)cccc1N1[CH-]N(c2c(-c3ccccc3)cccc2-c2ccccc2)c2ccccc21. The van der Waals surface area contributed by atoms with E-state index in [-0.39, 0.29) is 21.1 Å². The summed E-state index contributed by atoms with van der Waals surface area (Å²) in [6.45, 7) is 2.16. The van der Waals surface area contributed by atoms with Crippen molar-refractivity contribution in [1.29, 1.82) is 0 Å². The number of rotatable bonds is 7. The Morgan fingerprint density at radius 1 is 0.491 bits per heavy atom. The van der Waals surface area contributed by atoms with E-state index in [1.165, 1.54) is 0 Å². The molecule has 1 aromatic heterocycles. The number of anilines is 7. The maximum Gasteiger partial charge on any atom is 0.149 e. The molecule has 2 aliphatic rings. The first-order valence-electron chi connectivity index (χ1n) is 17.8. The van der Waals surface area contributed by atoms with Crippen molar-refractivity contribution in [3.8, 4) is 33.8 Å². The minimum absolute atomic E-state index is 0. The van der Waals surface area contributed by atoms with Crippen molar-refractivity contribution < 1.29 is 25.8 Å². The molecule has 10 rings (SSSR count). The van der Waals surface area contributed by atoms with Crippen LogP contribution < -0.4 is 19.4 Å². The van der Waals surface area contributed by atoms with Crippen molar-refractivity contribution in [2.45, 2.75) is 9.79 Å². The largest absolute Gasteiger partial charge is 0.509 e. The number of nitrogens with zero attached hydrogens (tertiary/aromatic N) is 4. The van der Waals surface area contributed by atoms with Crippen molar-refractivity contribution >= 4 is 51.7 Å². The predicted molar refractivity (Wildman–Crippen MR) is 220 cm³/mol. The smallest absolute Gasteiger partial charge is 0.149 e. The Morgan fingerprint density at radius 2 is 1.04 bits per heavy atom. The van der Waals surface area contributed by atoms with E-state index in [4.69, 9.17) is 9.72 Å². The average Bonchev–Trinajstić information content (AvgIpc) is 3.63. The summed E-state index contributed by atoms with van der Waals surface area (Å²) in [6.07, 6.45) is 1.83. The maximum atomic E-state index is 6.52. The number of hydrogen-bond acceptors (Lipinski definition) is 6. The summed E-state index contributed by atoms with van der Waals surface area (Å²) in [5, 5.41) is 0. The van der Waals surface area contributed by atoms with Crippen LogP contribution in [0.1, 0.15) is 0 Å². The maximum absolute atomic E-state index is 6.52. The third kappa shape index (κ3) is 6.48. The van der Waals surface area contributed by atoms with Gasteiger partial charge in [0, 0.05) is 71.8 Å². The van der Waals surface area contributed by atoms with Crippen molar-refractivity contribution in [2.24, 2.45) is 0 Å². The van der Waals surface area contributed by atoms with Crippen LogP contribution in [0.4, 0.5) is 39.9 Å². The number of benzene rings is 7. The number of fused-ring (bicyclic) bond motifs is 3. The van der Waals surface area contributed by atoms with Gasteiger partial charge in [0.1, 0.15) is 5.82 Å². The third-order valence-corrected chi connectivity index (χ3v) is 10.7. The molecule has 0 bridgehead atoms. The molecular weight excluding hydrogens is 876 g/mol. The van der Waals surface area contributed by atoms with Crippen molar-refractivity contribution in [2.75, 3.05) is 14.7 Å². The van der Waals surface area contributed by atoms with Gasteiger partial charge in [-0.25, -0.2) is 4.98 Å². The molecule has 7 heteroatoms. The summed E-state index contributed by atoms with van der Waals surface area (Å²) < 4.78 is 6.52. The van der Waals surface area contributed by atoms with Gasteiger partial charge in [0.05, 0.1) is 10.6 Å². The number of pyridine rings is 1. The van der Waals surface area contributed by atoms with E-state index < -0.39 is 0 Å². The van der Waals surface area contributed by atoms with E-state index in [1.54, 1.807) is 11.8 Å². The number of hydrogen-bond donors (Lipinski definition) is 0. The van der Waals surface area contributed by atoms with Gasteiger partial charge in [0.25, 0.3) is 0 Å². The number of para-hydroxylation sites is 4. The topological polar surface area (TPSA) is 31.8 Å².